The molecule has 1 aliphatic heterocycles. The zero-order valence-electron chi connectivity index (χ0n) is 12.5. The average molecular weight is 322 g/mol. The molecular formula is C13H18N6O2S. The van der Waals surface area contributed by atoms with Gasteiger partial charge in [0, 0.05) is 39.2 Å². The largest absolute Gasteiger partial charge is 0.372 e. The Kier molecular flexibility index (Phi) is 3.83. The van der Waals surface area contributed by atoms with Crippen LogP contribution in [-0.4, -0.2) is 45.8 Å². The van der Waals surface area contributed by atoms with Gasteiger partial charge in [-0.1, -0.05) is 0 Å². The first-order valence-corrected chi connectivity index (χ1v) is 8.46. The third-order valence-corrected chi connectivity index (χ3v) is 5.53. The van der Waals surface area contributed by atoms with Gasteiger partial charge in [-0.25, -0.2) is 18.4 Å². The third kappa shape index (κ3) is 2.46. The second-order valence-corrected chi connectivity index (χ2v) is 7.03. The van der Waals surface area contributed by atoms with Gasteiger partial charge in [-0.15, -0.1) is 0 Å². The molecule has 0 aliphatic carbocycles. The van der Waals surface area contributed by atoms with Crippen LogP contribution in [0.25, 0.3) is 0 Å². The summed E-state index contributed by atoms with van der Waals surface area (Å²) < 4.78 is 28.7. The number of nitrogens with one attached hydrogen (secondary N) is 1. The fourth-order valence-corrected chi connectivity index (χ4v) is 4.36. The van der Waals surface area contributed by atoms with E-state index in [9.17, 15) is 8.42 Å². The molecule has 0 aromatic carbocycles. The summed E-state index contributed by atoms with van der Waals surface area (Å²) in [6.45, 7) is 0.462. The summed E-state index contributed by atoms with van der Waals surface area (Å²) in [6.07, 6.45) is 7.68. The molecule has 0 saturated carbocycles. The van der Waals surface area contributed by atoms with Gasteiger partial charge in [0.05, 0.1) is 12.4 Å². The number of hydrogen-bond donors (Lipinski definition) is 1. The van der Waals surface area contributed by atoms with Crippen LogP contribution in [0.2, 0.25) is 0 Å². The molecule has 3 rings (SSSR count). The van der Waals surface area contributed by atoms with Gasteiger partial charge in [-0.2, -0.15) is 4.31 Å². The van der Waals surface area contributed by atoms with Crippen LogP contribution in [0.1, 0.15) is 24.6 Å². The zero-order chi connectivity index (χ0) is 15.7. The molecule has 2 aromatic rings. The van der Waals surface area contributed by atoms with Crippen LogP contribution in [-0.2, 0) is 17.1 Å². The molecule has 1 atom stereocenters. The topological polar surface area (TPSA) is 93.0 Å². The van der Waals surface area contributed by atoms with Crippen molar-refractivity contribution < 1.29 is 8.42 Å². The molecule has 1 N–H and O–H groups in total. The predicted molar refractivity (Wildman–Crippen MR) is 80.7 cm³/mol. The molecule has 118 valence electrons. The van der Waals surface area contributed by atoms with E-state index in [1.807, 2.05) is 0 Å². The number of hydrogen-bond acceptors (Lipinski definition) is 6. The molecule has 2 aromatic heterocycles. The van der Waals surface area contributed by atoms with E-state index in [2.05, 4.69) is 20.3 Å². The quantitative estimate of drug-likeness (QED) is 0.894. The number of aryl methyl sites for hydroxylation is 1. The average Bonchev–Trinajstić information content (AvgIpc) is 3.16. The smallest absolute Gasteiger partial charge is 0.262 e. The second-order valence-electron chi connectivity index (χ2n) is 5.19. The molecule has 1 fully saturated rings. The molecule has 3 heterocycles. The van der Waals surface area contributed by atoms with Crippen LogP contribution in [0.15, 0.2) is 29.9 Å². The summed E-state index contributed by atoms with van der Waals surface area (Å²) >= 11 is 0. The lowest BCUT2D eigenvalue weighted by Gasteiger charge is -2.23. The van der Waals surface area contributed by atoms with Crippen molar-refractivity contribution >= 4 is 15.8 Å². The lowest BCUT2D eigenvalue weighted by molar-refractivity contribution is 0.389. The number of aromatic nitrogens is 4. The van der Waals surface area contributed by atoms with Crippen LogP contribution in [0, 0.1) is 0 Å². The van der Waals surface area contributed by atoms with E-state index in [1.165, 1.54) is 16.8 Å². The van der Waals surface area contributed by atoms with Crippen molar-refractivity contribution in [1.82, 2.24) is 23.8 Å². The highest BCUT2D eigenvalue weighted by molar-refractivity contribution is 7.89. The monoisotopic (exact) mass is 322 g/mol. The summed E-state index contributed by atoms with van der Waals surface area (Å²) in [5.41, 5.74) is 0.655. The minimum Gasteiger partial charge on any atom is -0.372 e. The number of anilines is 1. The number of imidazole rings is 1. The first kappa shape index (κ1) is 14.9. The molecule has 9 heteroatoms. The molecule has 0 bridgehead atoms. The molecule has 8 nitrogen and oxygen atoms in total. The Balaban J connectivity index is 2.00. The summed E-state index contributed by atoms with van der Waals surface area (Å²) in [7, 11) is -0.139. The van der Waals surface area contributed by atoms with Gasteiger partial charge in [0.15, 0.2) is 5.03 Å². The third-order valence-electron chi connectivity index (χ3n) is 3.74. The van der Waals surface area contributed by atoms with Gasteiger partial charge in [-0.05, 0) is 12.8 Å². The Labute approximate surface area is 129 Å². The van der Waals surface area contributed by atoms with E-state index in [4.69, 9.17) is 0 Å². The number of rotatable bonds is 4. The summed E-state index contributed by atoms with van der Waals surface area (Å²) in [5.74, 6) is 0.607. The van der Waals surface area contributed by atoms with Gasteiger partial charge >= 0.3 is 0 Å². The fraction of sp³-hybridized carbons (Fsp3) is 0.462. The van der Waals surface area contributed by atoms with Crippen molar-refractivity contribution in [3.63, 3.8) is 0 Å². The minimum atomic E-state index is -3.63. The van der Waals surface area contributed by atoms with Crippen molar-refractivity contribution in [3.8, 4) is 0 Å². The van der Waals surface area contributed by atoms with Crippen molar-refractivity contribution in [3.05, 3.63) is 30.6 Å². The van der Waals surface area contributed by atoms with Crippen molar-refractivity contribution in [2.75, 3.05) is 18.9 Å². The van der Waals surface area contributed by atoms with Crippen molar-refractivity contribution in [2.24, 2.45) is 7.05 Å². The first-order valence-electron chi connectivity index (χ1n) is 7.02. The summed E-state index contributed by atoms with van der Waals surface area (Å²) in [6, 6.07) is -0.317. The zero-order valence-corrected chi connectivity index (χ0v) is 13.3. The normalized spacial score (nSPS) is 19.5. The van der Waals surface area contributed by atoms with E-state index >= 15 is 0 Å². The maximum absolute atomic E-state index is 12.8. The van der Waals surface area contributed by atoms with Crippen LogP contribution in [0.3, 0.4) is 0 Å². The summed E-state index contributed by atoms with van der Waals surface area (Å²) in [4.78, 5) is 12.5. The highest BCUT2D eigenvalue weighted by Crippen LogP contribution is 2.37. The molecule has 1 aliphatic rings. The van der Waals surface area contributed by atoms with E-state index in [-0.39, 0.29) is 11.1 Å². The first-order chi connectivity index (χ1) is 10.5. The van der Waals surface area contributed by atoms with Gasteiger partial charge < -0.3 is 9.88 Å². The van der Waals surface area contributed by atoms with Gasteiger partial charge in [0.25, 0.3) is 10.0 Å². The number of sulfonamides is 1. The second kappa shape index (κ2) is 5.65. The molecular weight excluding hydrogens is 304 g/mol. The Morgan fingerprint density at radius 2 is 2.05 bits per heavy atom. The maximum atomic E-state index is 12.8. The lowest BCUT2D eigenvalue weighted by atomic mass is 10.1. The molecule has 0 spiro atoms. The Morgan fingerprint density at radius 3 is 2.73 bits per heavy atom. The fourth-order valence-electron chi connectivity index (χ4n) is 2.73. The Hall–Kier alpha value is -2.00. The minimum absolute atomic E-state index is 0.0665. The standard InChI is InChI=1S/C13H18N6O2S/c1-14-13-12(15-5-6-16-13)10-4-3-7-19(10)22(20,21)11-8-18(2)9-17-11/h5-6,8-10H,3-4,7H2,1-2H3,(H,14,16)/t10-/m0/s1. The van der Waals surface area contributed by atoms with E-state index in [0.717, 1.165) is 12.8 Å². The van der Waals surface area contributed by atoms with Crippen LogP contribution >= 0.6 is 0 Å². The predicted octanol–water partition coefficient (Wildman–Crippen LogP) is 0.778. The highest BCUT2D eigenvalue weighted by Gasteiger charge is 2.39. The van der Waals surface area contributed by atoms with E-state index < -0.39 is 10.0 Å². The van der Waals surface area contributed by atoms with Crippen molar-refractivity contribution in [1.29, 1.82) is 0 Å². The van der Waals surface area contributed by atoms with Gasteiger partial charge in [0.1, 0.15) is 11.5 Å². The lowest BCUT2D eigenvalue weighted by Crippen LogP contribution is -2.31. The highest BCUT2D eigenvalue weighted by atomic mass is 32.2. The molecule has 0 amide bonds. The van der Waals surface area contributed by atoms with Gasteiger partial charge in [0.2, 0.25) is 0 Å². The molecule has 22 heavy (non-hydrogen) atoms. The maximum Gasteiger partial charge on any atom is 0.262 e. The molecule has 0 radical (unpaired) electrons. The van der Waals surface area contributed by atoms with Crippen LogP contribution in [0.5, 0.6) is 0 Å². The Morgan fingerprint density at radius 1 is 1.27 bits per heavy atom. The SMILES string of the molecule is CNc1nccnc1[C@@H]1CCCN1S(=O)(=O)c1cn(C)cn1. The molecule has 1 saturated heterocycles. The number of nitrogens with zero attached hydrogens (tertiary/aromatic N) is 5. The van der Waals surface area contributed by atoms with Crippen molar-refractivity contribution in [2.45, 2.75) is 23.9 Å². The van der Waals surface area contributed by atoms with Gasteiger partial charge in [-0.3, -0.25) is 4.98 Å². The molecule has 0 unspecified atom stereocenters. The Bertz CT molecular complexity index is 772. The summed E-state index contributed by atoms with van der Waals surface area (Å²) in [5, 5.41) is 3.04. The van der Waals surface area contributed by atoms with Crippen LogP contribution in [0.4, 0.5) is 5.82 Å². The van der Waals surface area contributed by atoms with Crippen LogP contribution < -0.4 is 5.32 Å². The van der Waals surface area contributed by atoms with E-state index in [0.29, 0.717) is 18.1 Å². The van der Waals surface area contributed by atoms with E-state index in [1.54, 1.807) is 31.1 Å².